The molecule has 6 nitrogen and oxygen atoms in total. The summed E-state index contributed by atoms with van der Waals surface area (Å²) >= 11 is 0. The fourth-order valence-electron chi connectivity index (χ4n) is 4.08. The summed E-state index contributed by atoms with van der Waals surface area (Å²) in [5.74, 6) is 1.77. The number of hydrogen-bond donors (Lipinski definition) is 1. The average Bonchev–Trinajstić information content (AvgIpc) is 2.73. The minimum atomic E-state index is 0. The standard InChI is InChI=1S/C21H32N2O4.ClH/c1-25-19-9-7-16(13-20(19)26-2)6-8-18-5-3-4-11-23(18)21(24)14-17-15-27-12-10-22-17;/h7,9,13,17-18,22H,3-6,8,10-12,14-15H2,1-2H3;1H. The molecule has 2 heterocycles. The van der Waals surface area contributed by atoms with Crippen molar-refractivity contribution in [1.29, 1.82) is 0 Å². The Kier molecular flexibility index (Phi) is 9.35. The highest BCUT2D eigenvalue weighted by molar-refractivity contribution is 5.85. The number of ether oxygens (including phenoxy) is 3. The fourth-order valence-corrected chi connectivity index (χ4v) is 4.08. The monoisotopic (exact) mass is 412 g/mol. The van der Waals surface area contributed by atoms with Crippen LogP contribution in [0.25, 0.3) is 0 Å². The van der Waals surface area contributed by atoms with Gasteiger partial charge in [-0.25, -0.2) is 0 Å². The van der Waals surface area contributed by atoms with Gasteiger partial charge in [-0.15, -0.1) is 12.4 Å². The molecule has 2 atom stereocenters. The number of benzene rings is 1. The number of halogens is 1. The summed E-state index contributed by atoms with van der Waals surface area (Å²) in [6.45, 7) is 3.09. The van der Waals surface area contributed by atoms with E-state index in [4.69, 9.17) is 14.2 Å². The number of nitrogens with zero attached hydrogens (tertiary/aromatic N) is 1. The van der Waals surface area contributed by atoms with Gasteiger partial charge in [0.25, 0.3) is 0 Å². The maximum absolute atomic E-state index is 12.9. The highest BCUT2D eigenvalue weighted by Gasteiger charge is 2.28. The van der Waals surface area contributed by atoms with Crippen molar-refractivity contribution < 1.29 is 19.0 Å². The van der Waals surface area contributed by atoms with Crippen molar-refractivity contribution in [1.82, 2.24) is 10.2 Å². The molecule has 1 amide bonds. The van der Waals surface area contributed by atoms with Crippen molar-refractivity contribution in [2.24, 2.45) is 0 Å². The molecule has 7 heteroatoms. The molecule has 1 aromatic carbocycles. The SMILES string of the molecule is COc1ccc(CCC2CCCCN2C(=O)CC2COCCN2)cc1OC.Cl. The molecular formula is C21H33ClN2O4. The second kappa shape index (κ2) is 11.5. The van der Waals surface area contributed by atoms with E-state index in [0.717, 1.165) is 56.9 Å². The number of nitrogens with one attached hydrogen (secondary N) is 1. The molecule has 3 rings (SSSR count). The third kappa shape index (κ3) is 6.00. The first kappa shape index (κ1) is 22.8. The van der Waals surface area contributed by atoms with Gasteiger partial charge in [-0.2, -0.15) is 0 Å². The summed E-state index contributed by atoms with van der Waals surface area (Å²) in [7, 11) is 3.31. The Hall–Kier alpha value is -1.50. The first-order valence-corrected chi connectivity index (χ1v) is 10.0. The van der Waals surface area contributed by atoms with Crippen molar-refractivity contribution >= 4 is 18.3 Å². The number of morpholine rings is 1. The maximum atomic E-state index is 12.9. The van der Waals surface area contributed by atoms with Crippen LogP contribution >= 0.6 is 12.4 Å². The lowest BCUT2D eigenvalue weighted by atomic mass is 9.95. The summed E-state index contributed by atoms with van der Waals surface area (Å²) in [6, 6.07) is 6.55. The molecule has 158 valence electrons. The van der Waals surface area contributed by atoms with Crippen LogP contribution < -0.4 is 14.8 Å². The van der Waals surface area contributed by atoms with Gasteiger partial charge in [0.2, 0.25) is 5.91 Å². The number of rotatable bonds is 7. The zero-order valence-corrected chi connectivity index (χ0v) is 17.8. The Morgan fingerprint density at radius 3 is 2.79 bits per heavy atom. The summed E-state index contributed by atoms with van der Waals surface area (Å²) in [5.41, 5.74) is 1.22. The predicted octanol–water partition coefficient (Wildman–Crippen LogP) is 2.82. The number of carbonyl (C=O) groups is 1. The quantitative estimate of drug-likeness (QED) is 0.746. The largest absolute Gasteiger partial charge is 0.493 e. The van der Waals surface area contributed by atoms with E-state index in [1.54, 1.807) is 14.2 Å². The Morgan fingerprint density at radius 2 is 2.07 bits per heavy atom. The Balaban J connectivity index is 0.00000280. The molecule has 0 aromatic heterocycles. The molecule has 0 spiro atoms. The van der Waals surface area contributed by atoms with E-state index in [-0.39, 0.29) is 24.4 Å². The van der Waals surface area contributed by atoms with Gasteiger partial charge in [0.05, 0.1) is 27.4 Å². The highest BCUT2D eigenvalue weighted by atomic mass is 35.5. The molecule has 0 radical (unpaired) electrons. The molecule has 2 aliphatic heterocycles. The number of amides is 1. The van der Waals surface area contributed by atoms with Crippen LogP contribution in [0.2, 0.25) is 0 Å². The van der Waals surface area contributed by atoms with Crippen molar-refractivity contribution in [3.8, 4) is 11.5 Å². The fraction of sp³-hybridized carbons (Fsp3) is 0.667. The second-order valence-electron chi connectivity index (χ2n) is 7.39. The lowest BCUT2D eigenvalue weighted by molar-refractivity contribution is -0.136. The van der Waals surface area contributed by atoms with Crippen molar-refractivity contribution in [2.45, 2.75) is 50.6 Å². The third-order valence-electron chi connectivity index (χ3n) is 5.58. The molecule has 2 aliphatic rings. The molecule has 2 fully saturated rings. The number of carbonyl (C=O) groups excluding carboxylic acids is 1. The van der Waals surface area contributed by atoms with Gasteiger partial charge in [0.15, 0.2) is 11.5 Å². The first-order chi connectivity index (χ1) is 13.2. The van der Waals surface area contributed by atoms with Crippen molar-refractivity contribution in [3.05, 3.63) is 23.8 Å². The van der Waals surface area contributed by atoms with Crippen LogP contribution in [0, 0.1) is 0 Å². The van der Waals surface area contributed by atoms with E-state index in [1.807, 2.05) is 12.1 Å². The van der Waals surface area contributed by atoms with E-state index in [0.29, 0.717) is 19.1 Å². The minimum absolute atomic E-state index is 0. The summed E-state index contributed by atoms with van der Waals surface area (Å²) in [6.07, 6.45) is 5.84. The van der Waals surface area contributed by atoms with Gasteiger partial charge in [-0.1, -0.05) is 6.07 Å². The topological polar surface area (TPSA) is 60.0 Å². The van der Waals surface area contributed by atoms with E-state index in [9.17, 15) is 4.79 Å². The number of aryl methyl sites for hydroxylation is 1. The molecule has 1 aromatic rings. The molecule has 1 N–H and O–H groups in total. The second-order valence-corrected chi connectivity index (χ2v) is 7.39. The van der Waals surface area contributed by atoms with E-state index >= 15 is 0 Å². The van der Waals surface area contributed by atoms with Gasteiger partial charge in [-0.05, 0) is 49.8 Å². The van der Waals surface area contributed by atoms with Crippen LogP contribution in [-0.4, -0.2) is 63.4 Å². The number of piperidine rings is 1. The Bertz CT molecular complexity index is 622. The normalized spacial score (nSPS) is 22.3. The van der Waals surface area contributed by atoms with Crippen LogP contribution in [0.1, 0.15) is 37.7 Å². The van der Waals surface area contributed by atoms with Crippen LogP contribution in [0.15, 0.2) is 18.2 Å². The van der Waals surface area contributed by atoms with Gasteiger partial charge < -0.3 is 24.4 Å². The molecule has 2 saturated heterocycles. The van der Waals surface area contributed by atoms with E-state index < -0.39 is 0 Å². The molecule has 28 heavy (non-hydrogen) atoms. The highest BCUT2D eigenvalue weighted by Crippen LogP contribution is 2.29. The van der Waals surface area contributed by atoms with Crippen LogP contribution in [0.4, 0.5) is 0 Å². The van der Waals surface area contributed by atoms with Crippen LogP contribution in [0.3, 0.4) is 0 Å². The Labute approximate surface area is 174 Å². The van der Waals surface area contributed by atoms with Crippen molar-refractivity contribution in [3.63, 3.8) is 0 Å². The van der Waals surface area contributed by atoms with Gasteiger partial charge in [0.1, 0.15) is 0 Å². The van der Waals surface area contributed by atoms with Gasteiger partial charge >= 0.3 is 0 Å². The lowest BCUT2D eigenvalue weighted by Crippen LogP contribution is -2.49. The lowest BCUT2D eigenvalue weighted by Gasteiger charge is -2.37. The van der Waals surface area contributed by atoms with E-state index in [2.05, 4.69) is 16.3 Å². The Morgan fingerprint density at radius 1 is 1.25 bits per heavy atom. The molecule has 2 unspecified atom stereocenters. The van der Waals surface area contributed by atoms with Gasteiger partial charge in [-0.3, -0.25) is 4.79 Å². The molecule has 0 saturated carbocycles. The van der Waals surface area contributed by atoms with Crippen LogP contribution in [0.5, 0.6) is 11.5 Å². The molecule has 0 aliphatic carbocycles. The average molecular weight is 413 g/mol. The zero-order chi connectivity index (χ0) is 19.1. The smallest absolute Gasteiger partial charge is 0.224 e. The van der Waals surface area contributed by atoms with E-state index in [1.165, 1.54) is 12.0 Å². The summed E-state index contributed by atoms with van der Waals surface area (Å²) < 4.78 is 16.2. The van der Waals surface area contributed by atoms with Crippen molar-refractivity contribution in [2.75, 3.05) is 40.5 Å². The van der Waals surface area contributed by atoms with Gasteiger partial charge in [0, 0.05) is 31.6 Å². The zero-order valence-electron chi connectivity index (χ0n) is 16.9. The minimum Gasteiger partial charge on any atom is -0.493 e. The first-order valence-electron chi connectivity index (χ1n) is 10.0. The maximum Gasteiger partial charge on any atom is 0.224 e. The summed E-state index contributed by atoms with van der Waals surface area (Å²) in [4.78, 5) is 15.0. The number of likely N-dealkylation sites (tertiary alicyclic amines) is 1. The molecule has 0 bridgehead atoms. The van der Waals surface area contributed by atoms with Crippen LogP contribution in [-0.2, 0) is 16.0 Å². The third-order valence-corrected chi connectivity index (χ3v) is 5.58. The molecular weight excluding hydrogens is 380 g/mol. The number of methoxy groups -OCH3 is 2. The predicted molar refractivity (Wildman–Crippen MR) is 112 cm³/mol. The summed E-state index contributed by atoms with van der Waals surface area (Å²) in [5, 5.41) is 3.39. The number of hydrogen-bond acceptors (Lipinski definition) is 5.